The molecule has 0 spiro atoms. The lowest BCUT2D eigenvalue weighted by Gasteiger charge is -2.11. The summed E-state index contributed by atoms with van der Waals surface area (Å²) in [6, 6.07) is 25.7. The van der Waals surface area contributed by atoms with Crippen LogP contribution in [0.5, 0.6) is 11.5 Å². The Kier molecular flexibility index (Phi) is 4.12. The molecule has 0 bridgehead atoms. The first-order valence-corrected chi connectivity index (χ1v) is 7.48. The highest BCUT2D eigenvalue weighted by atomic mass is 32.2. The molecule has 3 heteroatoms. The van der Waals surface area contributed by atoms with E-state index in [4.69, 9.17) is 10.5 Å². The SMILES string of the molecule is Nc1ccc(Oc2ccccc2Sc2ccccc2)cc1. The predicted octanol–water partition coefficient (Wildman–Crippen LogP) is 5.21. The molecule has 0 atom stereocenters. The van der Waals surface area contributed by atoms with Crippen molar-refractivity contribution in [1.82, 2.24) is 0 Å². The Balaban J connectivity index is 1.84. The number of nitrogen functional groups attached to an aromatic ring is 1. The van der Waals surface area contributed by atoms with E-state index in [1.165, 1.54) is 4.90 Å². The van der Waals surface area contributed by atoms with E-state index in [0.29, 0.717) is 0 Å². The molecule has 3 aromatic rings. The number of hydrogen-bond donors (Lipinski definition) is 1. The normalized spacial score (nSPS) is 10.3. The molecule has 0 aliphatic carbocycles. The fourth-order valence-electron chi connectivity index (χ4n) is 1.90. The third-order valence-corrected chi connectivity index (χ3v) is 3.99. The Hall–Kier alpha value is -2.39. The lowest BCUT2D eigenvalue weighted by atomic mass is 10.3. The molecule has 104 valence electrons. The van der Waals surface area contributed by atoms with Gasteiger partial charge in [0.1, 0.15) is 11.5 Å². The van der Waals surface area contributed by atoms with Gasteiger partial charge in [-0.2, -0.15) is 0 Å². The van der Waals surface area contributed by atoms with Crippen molar-refractivity contribution in [2.45, 2.75) is 9.79 Å². The fraction of sp³-hybridized carbons (Fsp3) is 0. The van der Waals surface area contributed by atoms with Gasteiger partial charge in [0.05, 0.1) is 4.90 Å². The van der Waals surface area contributed by atoms with Crippen molar-refractivity contribution in [1.29, 1.82) is 0 Å². The molecule has 2 nitrogen and oxygen atoms in total. The van der Waals surface area contributed by atoms with Gasteiger partial charge in [0.2, 0.25) is 0 Å². The molecule has 3 aromatic carbocycles. The minimum Gasteiger partial charge on any atom is -0.456 e. The van der Waals surface area contributed by atoms with Crippen LogP contribution in [0.3, 0.4) is 0 Å². The number of nitrogens with two attached hydrogens (primary N) is 1. The summed E-state index contributed by atoms with van der Waals surface area (Å²) in [5.74, 6) is 1.63. The summed E-state index contributed by atoms with van der Waals surface area (Å²) in [4.78, 5) is 2.27. The fourth-order valence-corrected chi connectivity index (χ4v) is 2.80. The summed E-state index contributed by atoms with van der Waals surface area (Å²) in [6.07, 6.45) is 0. The number of hydrogen-bond acceptors (Lipinski definition) is 3. The predicted molar refractivity (Wildman–Crippen MR) is 87.9 cm³/mol. The van der Waals surface area contributed by atoms with Crippen LogP contribution in [0.25, 0.3) is 0 Å². The molecule has 0 saturated heterocycles. The average molecular weight is 293 g/mol. The molecule has 3 rings (SSSR count). The van der Waals surface area contributed by atoms with Gasteiger partial charge >= 0.3 is 0 Å². The Morgan fingerprint density at radius 3 is 2.14 bits per heavy atom. The van der Waals surface area contributed by atoms with E-state index in [2.05, 4.69) is 18.2 Å². The number of anilines is 1. The highest BCUT2D eigenvalue weighted by Crippen LogP contribution is 2.36. The maximum atomic E-state index is 5.96. The van der Waals surface area contributed by atoms with Crippen LogP contribution < -0.4 is 10.5 Å². The van der Waals surface area contributed by atoms with Gasteiger partial charge in [-0.1, -0.05) is 42.1 Å². The monoisotopic (exact) mass is 293 g/mol. The van der Waals surface area contributed by atoms with Gasteiger partial charge in [0.25, 0.3) is 0 Å². The van der Waals surface area contributed by atoms with E-state index in [9.17, 15) is 0 Å². The van der Waals surface area contributed by atoms with Crippen LogP contribution in [0, 0.1) is 0 Å². The van der Waals surface area contributed by atoms with Gasteiger partial charge in [-0.15, -0.1) is 0 Å². The zero-order chi connectivity index (χ0) is 14.5. The summed E-state index contributed by atoms with van der Waals surface area (Å²) in [5, 5.41) is 0. The topological polar surface area (TPSA) is 35.2 Å². The third-order valence-electron chi connectivity index (χ3n) is 2.93. The largest absolute Gasteiger partial charge is 0.456 e. The zero-order valence-corrected chi connectivity index (χ0v) is 12.2. The molecule has 0 radical (unpaired) electrons. The lowest BCUT2D eigenvalue weighted by molar-refractivity contribution is 0.471. The highest BCUT2D eigenvalue weighted by molar-refractivity contribution is 7.99. The average Bonchev–Trinajstić information content (AvgIpc) is 2.52. The van der Waals surface area contributed by atoms with Crippen LogP contribution in [0.1, 0.15) is 0 Å². The van der Waals surface area contributed by atoms with Crippen LogP contribution in [0.4, 0.5) is 5.69 Å². The maximum absolute atomic E-state index is 5.96. The minimum atomic E-state index is 0.731. The summed E-state index contributed by atoms with van der Waals surface area (Å²) in [6.45, 7) is 0. The number of benzene rings is 3. The van der Waals surface area contributed by atoms with Gasteiger partial charge in [-0.3, -0.25) is 0 Å². The summed E-state index contributed by atoms with van der Waals surface area (Å²) >= 11 is 1.69. The van der Waals surface area contributed by atoms with Gasteiger partial charge < -0.3 is 10.5 Å². The van der Waals surface area contributed by atoms with E-state index in [1.54, 1.807) is 11.8 Å². The van der Waals surface area contributed by atoms with Gasteiger partial charge in [-0.25, -0.2) is 0 Å². The van der Waals surface area contributed by atoms with Crippen molar-refractivity contribution in [3.05, 3.63) is 78.9 Å². The molecular weight excluding hydrogens is 278 g/mol. The first kappa shape index (κ1) is 13.6. The summed E-state index contributed by atoms with van der Waals surface area (Å²) in [5.41, 5.74) is 6.42. The van der Waals surface area contributed by atoms with Crippen molar-refractivity contribution >= 4 is 17.4 Å². The minimum absolute atomic E-state index is 0.731. The number of para-hydroxylation sites is 1. The molecule has 0 heterocycles. The van der Waals surface area contributed by atoms with E-state index < -0.39 is 0 Å². The molecular formula is C18H15NOS. The molecule has 0 aliphatic rings. The Morgan fingerprint density at radius 1 is 0.714 bits per heavy atom. The lowest BCUT2D eigenvalue weighted by Crippen LogP contribution is -1.88. The first-order valence-electron chi connectivity index (χ1n) is 6.66. The molecule has 2 N–H and O–H groups in total. The van der Waals surface area contributed by atoms with Gasteiger partial charge in [0, 0.05) is 10.6 Å². The van der Waals surface area contributed by atoms with E-state index in [1.807, 2.05) is 60.7 Å². The molecule has 0 unspecified atom stereocenters. The maximum Gasteiger partial charge on any atom is 0.141 e. The number of ether oxygens (including phenoxy) is 1. The van der Waals surface area contributed by atoms with E-state index >= 15 is 0 Å². The second kappa shape index (κ2) is 6.37. The van der Waals surface area contributed by atoms with Crippen LogP contribution >= 0.6 is 11.8 Å². The molecule has 0 fully saturated rings. The van der Waals surface area contributed by atoms with Crippen LogP contribution in [-0.2, 0) is 0 Å². The van der Waals surface area contributed by atoms with Crippen molar-refractivity contribution in [2.75, 3.05) is 5.73 Å². The van der Waals surface area contributed by atoms with Crippen molar-refractivity contribution in [3.63, 3.8) is 0 Å². The van der Waals surface area contributed by atoms with Crippen molar-refractivity contribution in [3.8, 4) is 11.5 Å². The van der Waals surface area contributed by atoms with E-state index in [-0.39, 0.29) is 0 Å². The van der Waals surface area contributed by atoms with Crippen LogP contribution in [0.2, 0.25) is 0 Å². The quantitative estimate of drug-likeness (QED) is 0.670. The molecule has 0 saturated carbocycles. The zero-order valence-electron chi connectivity index (χ0n) is 11.4. The highest BCUT2D eigenvalue weighted by Gasteiger charge is 2.06. The third kappa shape index (κ3) is 3.58. The standard InChI is InChI=1S/C18H15NOS/c19-14-10-12-15(13-11-14)20-17-8-4-5-9-18(17)21-16-6-2-1-3-7-16/h1-13H,19H2. The first-order chi connectivity index (χ1) is 10.3. The Morgan fingerprint density at radius 2 is 1.38 bits per heavy atom. The molecule has 21 heavy (non-hydrogen) atoms. The second-order valence-electron chi connectivity index (χ2n) is 4.53. The Bertz CT molecular complexity index is 711. The molecule has 0 aromatic heterocycles. The van der Waals surface area contributed by atoms with Crippen LogP contribution in [-0.4, -0.2) is 0 Å². The smallest absolute Gasteiger partial charge is 0.141 e. The summed E-state index contributed by atoms with van der Waals surface area (Å²) < 4.78 is 5.96. The number of rotatable bonds is 4. The summed E-state index contributed by atoms with van der Waals surface area (Å²) in [7, 11) is 0. The van der Waals surface area contributed by atoms with E-state index in [0.717, 1.165) is 22.1 Å². The second-order valence-corrected chi connectivity index (χ2v) is 5.65. The molecule has 0 aliphatic heterocycles. The van der Waals surface area contributed by atoms with Crippen molar-refractivity contribution < 1.29 is 4.74 Å². The van der Waals surface area contributed by atoms with Crippen LogP contribution in [0.15, 0.2) is 88.7 Å². The van der Waals surface area contributed by atoms with Crippen molar-refractivity contribution in [2.24, 2.45) is 0 Å². The Labute approximate surface area is 128 Å². The molecule has 0 amide bonds. The van der Waals surface area contributed by atoms with Gasteiger partial charge in [-0.05, 0) is 48.5 Å². The van der Waals surface area contributed by atoms with Gasteiger partial charge in [0.15, 0.2) is 0 Å².